The highest BCUT2D eigenvalue weighted by Gasteiger charge is 2.69. The number of ketones is 2. The van der Waals surface area contributed by atoms with Crippen LogP contribution in [0.4, 0.5) is 0 Å². The minimum absolute atomic E-state index is 0.105. The van der Waals surface area contributed by atoms with Gasteiger partial charge in [0.1, 0.15) is 0 Å². The molecule has 0 aromatic carbocycles. The Morgan fingerprint density at radius 2 is 1.78 bits per heavy atom. The second-order valence-corrected chi connectivity index (χ2v) is 9.92. The standard InChI is InChI=1S/C23H30O4/c1-21-9-6-15(24)12-14(21)4-5-16-17(21)7-10-22(2)18(16)8-11-23(22)19(25)13-20(26-3)27-23/h12-13,16-18H,4-11H2,1-3H3/t16-,17+,18+,21+,22+,23+/m1/s1/i20+1. The summed E-state index contributed by atoms with van der Waals surface area (Å²) in [5.74, 6) is 2.57. The molecule has 27 heavy (non-hydrogen) atoms. The van der Waals surface area contributed by atoms with Gasteiger partial charge in [0.15, 0.2) is 11.4 Å². The van der Waals surface area contributed by atoms with Crippen LogP contribution in [0.5, 0.6) is 0 Å². The summed E-state index contributed by atoms with van der Waals surface area (Å²) < 4.78 is 11.5. The van der Waals surface area contributed by atoms with Crippen LogP contribution in [-0.4, -0.2) is 24.3 Å². The maximum absolute atomic E-state index is 13.0. The summed E-state index contributed by atoms with van der Waals surface area (Å²) in [5, 5.41) is 0. The lowest BCUT2D eigenvalue weighted by atomic mass is 9.46. The van der Waals surface area contributed by atoms with Crippen LogP contribution in [0.2, 0.25) is 0 Å². The lowest BCUT2D eigenvalue weighted by Crippen LogP contribution is -2.57. The first-order valence-electron chi connectivity index (χ1n) is 10.6. The Balaban J connectivity index is 1.49. The third-order valence-corrected chi connectivity index (χ3v) is 9.20. The minimum Gasteiger partial charge on any atom is -0.469 e. The van der Waals surface area contributed by atoms with Crippen molar-refractivity contribution in [2.45, 2.75) is 70.8 Å². The van der Waals surface area contributed by atoms with Gasteiger partial charge in [-0.15, -0.1) is 0 Å². The first-order valence-corrected chi connectivity index (χ1v) is 10.6. The van der Waals surface area contributed by atoms with Crippen LogP contribution in [0.15, 0.2) is 23.7 Å². The van der Waals surface area contributed by atoms with Crippen LogP contribution in [0, 0.1) is 28.6 Å². The molecule has 1 aliphatic heterocycles. The summed E-state index contributed by atoms with van der Waals surface area (Å²) in [6.07, 6.45) is 11.4. The zero-order chi connectivity index (χ0) is 19.0. The Hall–Kier alpha value is -1.58. The Labute approximate surface area is 161 Å². The zero-order valence-electron chi connectivity index (χ0n) is 16.7. The number of hydrogen-bond donors (Lipinski definition) is 0. The topological polar surface area (TPSA) is 52.6 Å². The highest BCUT2D eigenvalue weighted by molar-refractivity contribution is 6.00. The Morgan fingerprint density at radius 3 is 2.52 bits per heavy atom. The summed E-state index contributed by atoms with van der Waals surface area (Å²) in [5.41, 5.74) is 0.731. The molecule has 5 rings (SSSR count). The Bertz CT molecular complexity index is 779. The molecule has 0 amide bonds. The van der Waals surface area contributed by atoms with Crippen LogP contribution in [0.25, 0.3) is 0 Å². The summed E-state index contributed by atoms with van der Waals surface area (Å²) in [6, 6.07) is 0. The molecule has 3 fully saturated rings. The van der Waals surface area contributed by atoms with Crippen molar-refractivity contribution in [3.63, 3.8) is 0 Å². The van der Waals surface area contributed by atoms with Gasteiger partial charge in [-0.05, 0) is 74.2 Å². The minimum atomic E-state index is -0.715. The molecular weight excluding hydrogens is 341 g/mol. The smallest absolute Gasteiger partial charge is 0.283 e. The predicted octanol–water partition coefficient (Wildman–Crippen LogP) is 4.34. The molecule has 4 heteroatoms. The molecule has 0 aromatic rings. The summed E-state index contributed by atoms with van der Waals surface area (Å²) in [4.78, 5) is 25.0. The normalized spacial score (nSPS) is 48.3. The van der Waals surface area contributed by atoms with E-state index in [4.69, 9.17) is 9.47 Å². The van der Waals surface area contributed by atoms with Gasteiger partial charge in [-0.25, -0.2) is 0 Å². The predicted molar refractivity (Wildman–Crippen MR) is 101 cm³/mol. The van der Waals surface area contributed by atoms with Gasteiger partial charge < -0.3 is 9.47 Å². The fraction of sp³-hybridized carbons (Fsp3) is 0.739. The summed E-state index contributed by atoms with van der Waals surface area (Å²) in [6.45, 7) is 4.70. The van der Waals surface area contributed by atoms with E-state index in [0.717, 1.165) is 44.9 Å². The third-order valence-electron chi connectivity index (χ3n) is 9.20. The van der Waals surface area contributed by atoms with E-state index in [-0.39, 0.29) is 16.6 Å². The van der Waals surface area contributed by atoms with Crippen LogP contribution in [-0.2, 0) is 19.1 Å². The quantitative estimate of drug-likeness (QED) is 0.643. The molecule has 6 atom stereocenters. The fourth-order valence-electron chi connectivity index (χ4n) is 7.71. The highest BCUT2D eigenvalue weighted by atomic mass is 16.8. The molecule has 5 aliphatic rings. The van der Waals surface area contributed by atoms with Crippen molar-refractivity contribution < 1.29 is 19.1 Å². The number of carbonyl (C=O) groups excluding carboxylic acids is 2. The van der Waals surface area contributed by atoms with Gasteiger partial charge in [0.2, 0.25) is 5.78 Å². The number of hydrogen-bond acceptors (Lipinski definition) is 4. The lowest BCUT2D eigenvalue weighted by molar-refractivity contribution is -0.165. The Kier molecular flexibility index (Phi) is 3.56. The van der Waals surface area contributed by atoms with E-state index in [1.807, 2.05) is 6.08 Å². The van der Waals surface area contributed by atoms with Gasteiger partial charge in [-0.3, -0.25) is 9.59 Å². The molecule has 3 saturated carbocycles. The number of allylic oxidation sites excluding steroid dienone is 1. The van der Waals surface area contributed by atoms with Crippen molar-refractivity contribution in [2.24, 2.45) is 28.6 Å². The van der Waals surface area contributed by atoms with Crippen molar-refractivity contribution in [2.75, 3.05) is 7.11 Å². The number of methoxy groups -OCH3 is 1. The van der Waals surface area contributed by atoms with Gasteiger partial charge in [-0.1, -0.05) is 19.4 Å². The first-order chi connectivity index (χ1) is 12.8. The molecule has 0 bridgehead atoms. The van der Waals surface area contributed by atoms with E-state index in [0.29, 0.717) is 35.9 Å². The van der Waals surface area contributed by atoms with Crippen molar-refractivity contribution in [3.8, 4) is 0 Å². The largest absolute Gasteiger partial charge is 0.469 e. The van der Waals surface area contributed by atoms with Crippen LogP contribution in [0.3, 0.4) is 0 Å². The zero-order valence-corrected chi connectivity index (χ0v) is 16.7. The molecule has 146 valence electrons. The monoisotopic (exact) mass is 371 g/mol. The molecule has 1 heterocycles. The SMILES string of the molecule is CO[13C]1=CC(=O)[C@]2(CC[C@H]3[C@@H]4CCC5=CC(=O)CC[C@]5(C)[C@H]4CC[C@@]32C)O1. The second kappa shape index (κ2) is 5.48. The molecule has 0 N–H and O–H groups in total. The van der Waals surface area contributed by atoms with Gasteiger partial charge in [0.25, 0.3) is 5.95 Å². The molecule has 1 spiro atoms. The van der Waals surface area contributed by atoms with Crippen LogP contribution in [0.1, 0.15) is 65.2 Å². The van der Waals surface area contributed by atoms with Gasteiger partial charge in [0, 0.05) is 11.8 Å². The van der Waals surface area contributed by atoms with E-state index in [2.05, 4.69) is 13.8 Å². The summed E-state index contributed by atoms with van der Waals surface area (Å²) >= 11 is 0. The molecule has 0 unspecified atom stereocenters. The molecular formula is C23H30O4. The van der Waals surface area contributed by atoms with E-state index < -0.39 is 5.60 Å². The van der Waals surface area contributed by atoms with Gasteiger partial charge in [-0.2, -0.15) is 0 Å². The highest BCUT2D eigenvalue weighted by Crippen LogP contribution is 2.69. The van der Waals surface area contributed by atoms with Gasteiger partial charge in [0.05, 0.1) is 13.2 Å². The van der Waals surface area contributed by atoms with Crippen molar-refractivity contribution in [1.29, 1.82) is 0 Å². The Morgan fingerprint density at radius 1 is 1.00 bits per heavy atom. The second-order valence-electron chi connectivity index (χ2n) is 9.92. The molecule has 0 radical (unpaired) electrons. The van der Waals surface area contributed by atoms with E-state index >= 15 is 0 Å². The fourth-order valence-corrected chi connectivity index (χ4v) is 7.71. The van der Waals surface area contributed by atoms with Crippen molar-refractivity contribution in [3.05, 3.63) is 23.7 Å². The molecule has 0 saturated heterocycles. The number of rotatable bonds is 1. The van der Waals surface area contributed by atoms with E-state index in [1.54, 1.807) is 13.2 Å². The van der Waals surface area contributed by atoms with E-state index in [9.17, 15) is 9.59 Å². The van der Waals surface area contributed by atoms with Crippen molar-refractivity contribution in [1.82, 2.24) is 0 Å². The van der Waals surface area contributed by atoms with Gasteiger partial charge >= 0.3 is 0 Å². The van der Waals surface area contributed by atoms with E-state index in [1.165, 1.54) is 5.57 Å². The number of ether oxygens (including phenoxy) is 2. The molecule has 4 aliphatic carbocycles. The third kappa shape index (κ3) is 2.05. The molecule has 0 aromatic heterocycles. The van der Waals surface area contributed by atoms with Crippen molar-refractivity contribution >= 4 is 11.6 Å². The number of fused-ring (bicyclic) bond motifs is 6. The lowest BCUT2D eigenvalue weighted by Gasteiger charge is -2.58. The maximum atomic E-state index is 13.0. The maximum Gasteiger partial charge on any atom is 0.283 e. The van der Waals surface area contributed by atoms with Crippen LogP contribution < -0.4 is 0 Å². The van der Waals surface area contributed by atoms with Crippen LogP contribution >= 0.6 is 0 Å². The average molecular weight is 371 g/mol. The first kappa shape index (κ1) is 17.5. The molecule has 4 nitrogen and oxygen atoms in total. The average Bonchev–Trinajstić information content (AvgIpc) is 3.14. The summed E-state index contributed by atoms with van der Waals surface area (Å²) in [7, 11) is 1.57. The number of carbonyl (C=O) groups is 2.